The molecule has 0 aliphatic rings. The van der Waals surface area contributed by atoms with Gasteiger partial charge in [0.15, 0.2) is 0 Å². The average Bonchev–Trinajstić information content (AvgIpc) is 2.17. The number of nitrogens with two attached hydrogens (primary N) is 1. The summed E-state index contributed by atoms with van der Waals surface area (Å²) in [6.07, 6.45) is 1.71. The number of nitrogens with zero attached hydrogens (tertiary/aromatic N) is 1. The molecule has 0 atom stereocenters. The van der Waals surface area contributed by atoms with Crippen molar-refractivity contribution >= 4 is 17.6 Å². The monoisotopic (exact) mass is 223 g/mol. The lowest BCUT2D eigenvalue weighted by molar-refractivity contribution is 0.750. The average molecular weight is 223 g/mol. The lowest BCUT2D eigenvalue weighted by Gasteiger charge is -2.05. The number of aromatic nitrogens is 1. The molecule has 0 spiro atoms. The van der Waals surface area contributed by atoms with E-state index < -0.39 is 0 Å². The fourth-order valence-electron chi connectivity index (χ4n) is 1.12. The predicted molar refractivity (Wildman–Crippen MR) is 66.3 cm³/mol. The van der Waals surface area contributed by atoms with Crippen molar-refractivity contribution in [1.29, 1.82) is 5.41 Å². The highest BCUT2D eigenvalue weighted by Crippen LogP contribution is 2.15. The molecule has 0 unspecified atom stereocenters. The minimum atomic E-state index is 0.0331. The van der Waals surface area contributed by atoms with Gasteiger partial charge in [0.1, 0.15) is 11.5 Å². The van der Waals surface area contributed by atoms with Gasteiger partial charge in [0.05, 0.1) is 0 Å². The molecule has 0 aliphatic heterocycles. The molecule has 0 aromatic carbocycles. The van der Waals surface area contributed by atoms with E-state index in [-0.39, 0.29) is 5.84 Å². The highest BCUT2D eigenvalue weighted by atomic mass is 32.2. The van der Waals surface area contributed by atoms with E-state index in [9.17, 15) is 0 Å². The Labute approximate surface area is 95.0 Å². The summed E-state index contributed by atoms with van der Waals surface area (Å²) in [5.41, 5.74) is 7.12. The van der Waals surface area contributed by atoms with Crippen LogP contribution >= 0.6 is 11.8 Å². The second-order valence-corrected chi connectivity index (χ2v) is 4.90. The number of hydrogen-bond acceptors (Lipinski definition) is 3. The Kier molecular flexibility index (Phi) is 4.62. The molecule has 0 fully saturated rings. The van der Waals surface area contributed by atoms with Gasteiger partial charge < -0.3 is 5.73 Å². The molecule has 0 saturated carbocycles. The summed E-state index contributed by atoms with van der Waals surface area (Å²) >= 11 is 1.90. The zero-order chi connectivity index (χ0) is 11.3. The van der Waals surface area contributed by atoms with E-state index in [4.69, 9.17) is 11.1 Å². The summed E-state index contributed by atoms with van der Waals surface area (Å²) in [6, 6.07) is 3.86. The van der Waals surface area contributed by atoms with E-state index in [1.54, 1.807) is 6.20 Å². The van der Waals surface area contributed by atoms with E-state index >= 15 is 0 Å². The van der Waals surface area contributed by atoms with Crippen LogP contribution in [0.4, 0.5) is 0 Å². The second-order valence-electron chi connectivity index (χ2n) is 3.87. The first-order chi connectivity index (χ1) is 7.09. The van der Waals surface area contributed by atoms with Crippen LogP contribution in [-0.4, -0.2) is 16.6 Å². The number of thioether (sulfide) groups is 1. The molecule has 3 N–H and O–H groups in total. The van der Waals surface area contributed by atoms with Crippen LogP contribution in [0, 0.1) is 11.3 Å². The number of pyridine rings is 1. The van der Waals surface area contributed by atoms with E-state index in [2.05, 4.69) is 18.8 Å². The Balaban J connectivity index is 2.54. The molecule has 15 heavy (non-hydrogen) atoms. The number of amidine groups is 1. The molecule has 0 radical (unpaired) electrons. The van der Waals surface area contributed by atoms with Crippen molar-refractivity contribution in [3.05, 3.63) is 29.6 Å². The molecule has 0 bridgehead atoms. The molecule has 1 heterocycles. The molecule has 0 saturated heterocycles. The third-order valence-corrected chi connectivity index (χ3v) is 3.26. The second kappa shape index (κ2) is 5.75. The Hall–Kier alpha value is -1.03. The zero-order valence-corrected chi connectivity index (χ0v) is 9.97. The van der Waals surface area contributed by atoms with Crippen LogP contribution in [0.15, 0.2) is 18.3 Å². The molecule has 1 rings (SSSR count). The summed E-state index contributed by atoms with van der Waals surface area (Å²) in [6.45, 7) is 4.42. The maximum atomic E-state index is 7.29. The van der Waals surface area contributed by atoms with Crippen molar-refractivity contribution in [3.63, 3.8) is 0 Å². The molecule has 82 valence electrons. The lowest BCUT2D eigenvalue weighted by atomic mass is 10.2. The van der Waals surface area contributed by atoms with Crippen LogP contribution in [0.1, 0.15) is 25.1 Å². The predicted octanol–water partition coefficient (Wildman–Crippen LogP) is 2.25. The molecule has 0 amide bonds. The highest BCUT2D eigenvalue weighted by molar-refractivity contribution is 7.98. The van der Waals surface area contributed by atoms with E-state index in [1.165, 1.54) is 5.56 Å². The minimum Gasteiger partial charge on any atom is -0.382 e. The van der Waals surface area contributed by atoms with Crippen molar-refractivity contribution in [3.8, 4) is 0 Å². The quantitative estimate of drug-likeness (QED) is 0.594. The van der Waals surface area contributed by atoms with Crippen LogP contribution < -0.4 is 5.73 Å². The minimum absolute atomic E-state index is 0.0331. The standard InChI is InChI=1S/C11H17N3S/c1-8(2)6-15-7-9-3-4-14-10(5-9)11(12)13/h3-5,8H,6-7H2,1-2H3,(H3,12,13). The summed E-state index contributed by atoms with van der Waals surface area (Å²) < 4.78 is 0. The highest BCUT2D eigenvalue weighted by Gasteiger charge is 2.01. The fourth-order valence-corrected chi connectivity index (χ4v) is 2.13. The Bertz CT molecular complexity index is 336. The number of nitrogen functional groups attached to an aromatic ring is 1. The molecule has 4 heteroatoms. The summed E-state index contributed by atoms with van der Waals surface area (Å²) in [5, 5.41) is 7.29. The maximum Gasteiger partial charge on any atom is 0.141 e. The largest absolute Gasteiger partial charge is 0.382 e. The summed E-state index contributed by atoms with van der Waals surface area (Å²) in [5.74, 6) is 2.86. The van der Waals surface area contributed by atoms with Gasteiger partial charge in [-0.15, -0.1) is 0 Å². The SMILES string of the molecule is CC(C)CSCc1ccnc(C(=N)N)c1. The van der Waals surface area contributed by atoms with Crippen molar-refractivity contribution in [1.82, 2.24) is 4.98 Å². The molecule has 1 aromatic heterocycles. The van der Waals surface area contributed by atoms with Gasteiger partial charge in [-0.05, 0) is 29.4 Å². The normalized spacial score (nSPS) is 10.6. The van der Waals surface area contributed by atoms with Crippen LogP contribution in [-0.2, 0) is 5.75 Å². The van der Waals surface area contributed by atoms with Gasteiger partial charge in [-0.2, -0.15) is 11.8 Å². The maximum absolute atomic E-state index is 7.29. The molecule has 0 aliphatic carbocycles. The smallest absolute Gasteiger partial charge is 0.141 e. The van der Waals surface area contributed by atoms with Crippen LogP contribution in [0.25, 0.3) is 0 Å². The first kappa shape index (κ1) is 12.0. The number of hydrogen-bond donors (Lipinski definition) is 2. The van der Waals surface area contributed by atoms with Gasteiger partial charge in [-0.3, -0.25) is 10.4 Å². The van der Waals surface area contributed by atoms with Crippen LogP contribution in [0.5, 0.6) is 0 Å². The Morgan fingerprint density at radius 2 is 2.33 bits per heavy atom. The molecule has 1 aromatic rings. The third-order valence-electron chi connectivity index (χ3n) is 1.82. The zero-order valence-electron chi connectivity index (χ0n) is 9.16. The van der Waals surface area contributed by atoms with Crippen molar-refractivity contribution in [2.45, 2.75) is 19.6 Å². The van der Waals surface area contributed by atoms with E-state index in [1.807, 2.05) is 23.9 Å². The summed E-state index contributed by atoms with van der Waals surface area (Å²) in [7, 11) is 0. The lowest BCUT2D eigenvalue weighted by Crippen LogP contribution is -2.13. The van der Waals surface area contributed by atoms with Gasteiger partial charge >= 0.3 is 0 Å². The number of rotatable bonds is 5. The third kappa shape index (κ3) is 4.34. The fraction of sp³-hybridized carbons (Fsp3) is 0.455. The van der Waals surface area contributed by atoms with Crippen molar-refractivity contribution < 1.29 is 0 Å². The number of nitrogens with one attached hydrogen (secondary N) is 1. The van der Waals surface area contributed by atoms with Crippen LogP contribution in [0.3, 0.4) is 0 Å². The topological polar surface area (TPSA) is 62.8 Å². The van der Waals surface area contributed by atoms with E-state index in [0.717, 1.165) is 11.5 Å². The molecular weight excluding hydrogens is 206 g/mol. The van der Waals surface area contributed by atoms with Gasteiger partial charge in [0.25, 0.3) is 0 Å². The Morgan fingerprint density at radius 3 is 2.93 bits per heavy atom. The van der Waals surface area contributed by atoms with Crippen molar-refractivity contribution in [2.75, 3.05) is 5.75 Å². The van der Waals surface area contributed by atoms with Gasteiger partial charge in [-0.1, -0.05) is 13.8 Å². The van der Waals surface area contributed by atoms with Crippen molar-refractivity contribution in [2.24, 2.45) is 11.7 Å². The van der Waals surface area contributed by atoms with Gasteiger partial charge in [-0.25, -0.2) is 0 Å². The van der Waals surface area contributed by atoms with E-state index in [0.29, 0.717) is 11.6 Å². The molecular formula is C11H17N3S. The first-order valence-corrected chi connectivity index (χ1v) is 6.12. The van der Waals surface area contributed by atoms with Crippen LogP contribution in [0.2, 0.25) is 0 Å². The van der Waals surface area contributed by atoms with Gasteiger partial charge in [0, 0.05) is 11.9 Å². The van der Waals surface area contributed by atoms with Gasteiger partial charge in [0.2, 0.25) is 0 Å². The molecule has 3 nitrogen and oxygen atoms in total. The first-order valence-electron chi connectivity index (χ1n) is 4.96. The summed E-state index contributed by atoms with van der Waals surface area (Å²) in [4.78, 5) is 4.02. The Morgan fingerprint density at radius 1 is 1.60 bits per heavy atom.